The number of nitrogens with zero attached hydrogens (tertiary/aromatic N) is 2. The zero-order valence-electron chi connectivity index (χ0n) is 16.2. The first-order valence-electron chi connectivity index (χ1n) is 10.0. The number of nitrogens with one attached hydrogen (secondary N) is 2. The summed E-state index contributed by atoms with van der Waals surface area (Å²) in [6.07, 6.45) is 7.10. The van der Waals surface area contributed by atoms with Gasteiger partial charge in [-0.3, -0.25) is 9.52 Å². The van der Waals surface area contributed by atoms with Gasteiger partial charge in [-0.15, -0.1) is 0 Å². The van der Waals surface area contributed by atoms with Crippen molar-refractivity contribution < 1.29 is 17.6 Å². The highest BCUT2D eigenvalue weighted by Crippen LogP contribution is 2.40. The van der Waals surface area contributed by atoms with Gasteiger partial charge in [0.2, 0.25) is 0 Å². The van der Waals surface area contributed by atoms with Crippen molar-refractivity contribution in [2.75, 3.05) is 17.8 Å². The summed E-state index contributed by atoms with van der Waals surface area (Å²) < 4.78 is 43.7. The molecule has 9 heteroatoms. The van der Waals surface area contributed by atoms with Gasteiger partial charge in [-0.05, 0) is 55.4 Å². The number of hydrogen-bond donors (Lipinski definition) is 2. The molecule has 2 aromatic heterocycles. The molecule has 156 valence electrons. The molecule has 1 saturated heterocycles. The third kappa shape index (κ3) is 3.37. The molecule has 0 radical (unpaired) electrons. The first kappa shape index (κ1) is 19.2. The predicted octanol–water partition coefficient (Wildman–Crippen LogP) is 3.56. The van der Waals surface area contributed by atoms with Gasteiger partial charge in [0.05, 0.1) is 11.3 Å². The summed E-state index contributed by atoms with van der Waals surface area (Å²) >= 11 is 0. The Morgan fingerprint density at radius 1 is 1.20 bits per heavy atom. The molecule has 1 aliphatic carbocycles. The van der Waals surface area contributed by atoms with E-state index in [9.17, 15) is 13.2 Å². The van der Waals surface area contributed by atoms with Crippen LogP contribution in [0.3, 0.4) is 0 Å². The summed E-state index contributed by atoms with van der Waals surface area (Å²) in [4.78, 5) is 20.5. The summed E-state index contributed by atoms with van der Waals surface area (Å²) in [5.74, 6) is -0.929. The van der Waals surface area contributed by atoms with E-state index in [1.807, 2.05) is 6.07 Å². The zero-order valence-corrected chi connectivity index (χ0v) is 17.0. The molecule has 1 saturated carbocycles. The highest BCUT2D eigenvalue weighted by Gasteiger charge is 2.28. The van der Waals surface area contributed by atoms with E-state index in [2.05, 4.69) is 14.7 Å². The van der Waals surface area contributed by atoms with Crippen molar-refractivity contribution in [3.63, 3.8) is 0 Å². The van der Waals surface area contributed by atoms with Crippen LogP contribution < -0.4 is 4.72 Å². The van der Waals surface area contributed by atoms with Crippen LogP contribution in [0.2, 0.25) is 0 Å². The van der Waals surface area contributed by atoms with Gasteiger partial charge in [0.15, 0.2) is 11.6 Å². The molecular weight excluding hydrogens is 407 g/mol. The van der Waals surface area contributed by atoms with Gasteiger partial charge < -0.3 is 4.98 Å². The molecule has 7 nitrogen and oxygen atoms in total. The second kappa shape index (κ2) is 7.17. The van der Waals surface area contributed by atoms with Crippen LogP contribution in [-0.2, 0) is 10.2 Å². The Hall–Kier alpha value is -2.78. The summed E-state index contributed by atoms with van der Waals surface area (Å²) in [6.45, 7) is 0.808. The number of H-pyrrole nitrogens is 1. The summed E-state index contributed by atoms with van der Waals surface area (Å²) in [5.41, 5.74) is 1.54. The number of aromatic nitrogens is 2. The van der Waals surface area contributed by atoms with E-state index in [1.54, 1.807) is 6.20 Å². The number of pyridine rings is 1. The fraction of sp³-hybridized carbons (Fsp3) is 0.333. The lowest BCUT2D eigenvalue weighted by Crippen LogP contribution is -2.33. The molecule has 30 heavy (non-hydrogen) atoms. The minimum absolute atomic E-state index is 0.186. The van der Waals surface area contributed by atoms with Crippen molar-refractivity contribution in [3.05, 3.63) is 59.2 Å². The van der Waals surface area contributed by atoms with Gasteiger partial charge in [-0.2, -0.15) is 12.7 Å². The number of halogens is 1. The van der Waals surface area contributed by atoms with Crippen LogP contribution >= 0.6 is 0 Å². The zero-order chi connectivity index (χ0) is 20.9. The monoisotopic (exact) mass is 428 g/mol. The molecule has 1 aliphatic heterocycles. The lowest BCUT2D eigenvalue weighted by Gasteiger charge is -2.17. The Labute approximate surface area is 173 Å². The Bertz CT molecular complexity index is 1240. The number of carbonyl (C=O) groups is 1. The fourth-order valence-electron chi connectivity index (χ4n) is 3.91. The Morgan fingerprint density at radius 2 is 1.97 bits per heavy atom. The number of carbonyl (C=O) groups excluding carboxylic acids is 1. The van der Waals surface area contributed by atoms with Gasteiger partial charge in [-0.1, -0.05) is 6.07 Å². The lowest BCUT2D eigenvalue weighted by atomic mass is 10.0. The van der Waals surface area contributed by atoms with Crippen molar-refractivity contribution in [1.29, 1.82) is 0 Å². The quantitative estimate of drug-likeness (QED) is 0.587. The standard InChI is InChI=1S/C21H21FN4O3S/c22-19-15(4-3-5-18(19)25-30(28,29)26-8-1-2-9-26)20(27)17-12-24-21-16(17)10-14(11-23-21)13-6-7-13/h3-5,10-13,25H,1-2,6-9H2,(H,23,24). The van der Waals surface area contributed by atoms with Crippen LogP contribution in [0.1, 0.15) is 53.1 Å². The maximum Gasteiger partial charge on any atom is 0.301 e. The van der Waals surface area contributed by atoms with E-state index in [0.29, 0.717) is 35.6 Å². The van der Waals surface area contributed by atoms with Crippen LogP contribution in [0.25, 0.3) is 11.0 Å². The lowest BCUT2D eigenvalue weighted by molar-refractivity contribution is 0.103. The molecule has 5 rings (SSSR count). The average molecular weight is 428 g/mol. The number of ketones is 1. The molecule has 2 aliphatic rings. The van der Waals surface area contributed by atoms with Crippen molar-refractivity contribution in [3.8, 4) is 0 Å². The first-order valence-corrected chi connectivity index (χ1v) is 11.5. The van der Waals surface area contributed by atoms with Crippen LogP contribution in [0.4, 0.5) is 10.1 Å². The van der Waals surface area contributed by atoms with Crippen molar-refractivity contribution in [2.45, 2.75) is 31.6 Å². The molecule has 3 heterocycles. The molecule has 0 unspecified atom stereocenters. The smallest absolute Gasteiger partial charge is 0.301 e. The Balaban J connectivity index is 1.49. The molecule has 1 aromatic carbocycles. The van der Waals surface area contributed by atoms with Crippen molar-refractivity contribution >= 4 is 32.7 Å². The maximum atomic E-state index is 15.2. The number of benzene rings is 1. The SMILES string of the molecule is O=C(c1cccc(NS(=O)(=O)N2CCCC2)c1F)c1c[nH]c2ncc(C3CC3)cc12. The van der Waals surface area contributed by atoms with E-state index in [-0.39, 0.29) is 11.3 Å². The number of aromatic amines is 1. The van der Waals surface area contributed by atoms with Crippen LogP contribution in [-0.4, -0.2) is 41.6 Å². The first-order chi connectivity index (χ1) is 14.4. The Kier molecular flexibility index (Phi) is 4.59. The molecular formula is C21H21FN4O3S. The number of anilines is 1. The molecule has 3 aromatic rings. The minimum Gasteiger partial charge on any atom is -0.345 e. The molecule has 0 amide bonds. The topological polar surface area (TPSA) is 95.2 Å². The van der Waals surface area contributed by atoms with Gasteiger partial charge in [0.1, 0.15) is 5.65 Å². The minimum atomic E-state index is -3.86. The van der Waals surface area contributed by atoms with Gasteiger partial charge in [0, 0.05) is 36.4 Å². The number of fused-ring (bicyclic) bond motifs is 1. The molecule has 2 fully saturated rings. The van der Waals surface area contributed by atoms with E-state index in [0.717, 1.165) is 31.2 Å². The normalized spacial score (nSPS) is 17.5. The summed E-state index contributed by atoms with van der Waals surface area (Å²) in [6, 6.07) is 6.09. The van der Waals surface area contributed by atoms with E-state index in [1.165, 1.54) is 28.7 Å². The molecule has 0 atom stereocenters. The second-order valence-corrected chi connectivity index (χ2v) is 9.52. The third-order valence-corrected chi connectivity index (χ3v) is 7.26. The largest absolute Gasteiger partial charge is 0.345 e. The predicted molar refractivity (Wildman–Crippen MR) is 111 cm³/mol. The molecule has 0 bridgehead atoms. The van der Waals surface area contributed by atoms with Crippen molar-refractivity contribution in [1.82, 2.24) is 14.3 Å². The maximum absolute atomic E-state index is 15.2. The summed E-state index contributed by atoms with van der Waals surface area (Å²) in [5, 5.41) is 0.645. The Morgan fingerprint density at radius 3 is 2.70 bits per heavy atom. The number of hydrogen-bond acceptors (Lipinski definition) is 4. The highest BCUT2D eigenvalue weighted by atomic mass is 32.2. The van der Waals surface area contributed by atoms with Crippen LogP contribution in [0, 0.1) is 5.82 Å². The van der Waals surface area contributed by atoms with E-state index in [4.69, 9.17) is 0 Å². The third-order valence-electron chi connectivity index (χ3n) is 5.73. The molecule has 2 N–H and O–H groups in total. The molecule has 0 spiro atoms. The second-order valence-electron chi connectivity index (χ2n) is 7.85. The van der Waals surface area contributed by atoms with E-state index < -0.39 is 21.8 Å². The highest BCUT2D eigenvalue weighted by molar-refractivity contribution is 7.90. The van der Waals surface area contributed by atoms with Gasteiger partial charge >= 0.3 is 10.2 Å². The number of rotatable bonds is 6. The van der Waals surface area contributed by atoms with Gasteiger partial charge in [0.25, 0.3) is 0 Å². The summed E-state index contributed by atoms with van der Waals surface area (Å²) in [7, 11) is -3.86. The van der Waals surface area contributed by atoms with Gasteiger partial charge in [-0.25, -0.2) is 9.37 Å². The average Bonchev–Trinajstić information content (AvgIpc) is 3.25. The fourth-order valence-corrected chi connectivity index (χ4v) is 5.21. The van der Waals surface area contributed by atoms with E-state index >= 15 is 4.39 Å². The van der Waals surface area contributed by atoms with Crippen LogP contribution in [0.15, 0.2) is 36.7 Å². The van der Waals surface area contributed by atoms with Crippen molar-refractivity contribution in [2.24, 2.45) is 0 Å². The van der Waals surface area contributed by atoms with Crippen LogP contribution in [0.5, 0.6) is 0 Å².